The van der Waals surface area contributed by atoms with Gasteiger partial charge in [0.05, 0.1) is 17.6 Å². The highest BCUT2D eigenvalue weighted by Gasteiger charge is 2.25. The molecule has 2 aromatic rings. The normalized spacial score (nSPS) is 20.0. The van der Waals surface area contributed by atoms with Gasteiger partial charge in [-0.25, -0.2) is 4.79 Å². The fraction of sp³-hybridized carbons (Fsp3) is 0.562. The highest BCUT2D eigenvalue weighted by atomic mass is 32.1. The van der Waals surface area contributed by atoms with Gasteiger partial charge in [0.25, 0.3) is 11.8 Å². The summed E-state index contributed by atoms with van der Waals surface area (Å²) in [5, 5.41) is 9.85. The van der Waals surface area contributed by atoms with Crippen molar-refractivity contribution < 1.29 is 23.4 Å². The number of carbonyl (C=O) groups excluding carboxylic acids is 1. The lowest BCUT2D eigenvalue weighted by Gasteiger charge is -2.17. The molecule has 1 saturated heterocycles. The number of carbonyl (C=O) groups is 1. The molecule has 0 spiro atoms. The Morgan fingerprint density at radius 2 is 2.33 bits per heavy atom. The van der Waals surface area contributed by atoms with E-state index in [0.29, 0.717) is 12.5 Å². The van der Waals surface area contributed by atoms with E-state index in [-0.39, 0.29) is 12.0 Å². The molecule has 0 amide bonds. The zero-order valence-corrected chi connectivity index (χ0v) is 14.5. The monoisotopic (exact) mass is 352 g/mol. The van der Waals surface area contributed by atoms with Crippen LogP contribution in [0.25, 0.3) is 10.8 Å². The summed E-state index contributed by atoms with van der Waals surface area (Å²) < 4.78 is 21.9. The van der Waals surface area contributed by atoms with Crippen molar-refractivity contribution in [2.75, 3.05) is 13.2 Å². The average molecular weight is 352 g/mol. The van der Waals surface area contributed by atoms with Gasteiger partial charge in [0.2, 0.25) is 0 Å². The van der Waals surface area contributed by atoms with Crippen LogP contribution in [0.4, 0.5) is 0 Å². The van der Waals surface area contributed by atoms with Crippen molar-refractivity contribution in [3.63, 3.8) is 0 Å². The molecule has 0 aromatic carbocycles. The van der Waals surface area contributed by atoms with Gasteiger partial charge in [-0.3, -0.25) is 0 Å². The molecule has 0 saturated carbocycles. The smallest absolute Gasteiger partial charge is 0.335 e. The minimum Gasteiger partial charge on any atom is -0.451 e. The van der Waals surface area contributed by atoms with Crippen LogP contribution < -0.4 is 0 Å². The molecule has 0 aliphatic carbocycles. The lowest BCUT2D eigenvalue weighted by molar-refractivity contribution is -0.163. The van der Waals surface area contributed by atoms with Gasteiger partial charge in [-0.2, -0.15) is 0 Å². The number of nitrogens with zero attached hydrogens (tertiary/aromatic N) is 2. The Morgan fingerprint density at radius 1 is 1.46 bits per heavy atom. The second-order valence-electron chi connectivity index (χ2n) is 5.61. The lowest BCUT2D eigenvalue weighted by Crippen LogP contribution is -2.28. The van der Waals surface area contributed by atoms with Gasteiger partial charge in [0, 0.05) is 6.61 Å². The molecule has 3 rings (SSSR count). The molecule has 1 fully saturated rings. The van der Waals surface area contributed by atoms with E-state index < -0.39 is 18.2 Å². The molecule has 3 heterocycles. The van der Waals surface area contributed by atoms with Crippen LogP contribution in [0.3, 0.4) is 0 Å². The van der Waals surface area contributed by atoms with Crippen molar-refractivity contribution in [3.05, 3.63) is 23.4 Å². The molecular weight excluding hydrogens is 332 g/mol. The summed E-state index contributed by atoms with van der Waals surface area (Å²) >= 11 is 1.50. The van der Waals surface area contributed by atoms with Crippen LogP contribution in [0, 0.1) is 0 Å². The maximum absolute atomic E-state index is 12.1. The van der Waals surface area contributed by atoms with Gasteiger partial charge in [-0.15, -0.1) is 21.5 Å². The Balaban J connectivity index is 1.50. The van der Waals surface area contributed by atoms with E-state index >= 15 is 0 Å². The number of esters is 1. The molecule has 0 radical (unpaired) electrons. The summed E-state index contributed by atoms with van der Waals surface area (Å²) in [5.41, 5.74) is 0. The lowest BCUT2D eigenvalue weighted by atomic mass is 10.2. The fourth-order valence-electron chi connectivity index (χ4n) is 2.31. The van der Waals surface area contributed by atoms with E-state index in [9.17, 15) is 4.79 Å². The molecule has 1 aliphatic rings. The van der Waals surface area contributed by atoms with Crippen molar-refractivity contribution in [2.45, 2.75) is 45.0 Å². The summed E-state index contributed by atoms with van der Waals surface area (Å²) in [6.45, 7) is 4.51. The molecule has 8 heteroatoms. The van der Waals surface area contributed by atoms with Crippen molar-refractivity contribution in [1.29, 1.82) is 0 Å². The van der Waals surface area contributed by atoms with Crippen LogP contribution >= 0.6 is 11.3 Å². The standard InChI is InChI=1S/C16H20N2O5S/c1-10(14-17-18-15(23-14)13-6-4-8-24-13)22-16(19)11(2)21-9-12-5-3-7-20-12/h4,6,8,10-12H,3,5,7,9H2,1-2H3. The van der Waals surface area contributed by atoms with Crippen LogP contribution in [0.1, 0.15) is 38.7 Å². The van der Waals surface area contributed by atoms with Gasteiger partial charge < -0.3 is 18.6 Å². The number of aromatic nitrogens is 2. The molecule has 7 nitrogen and oxygen atoms in total. The SMILES string of the molecule is CC(OCC1CCCO1)C(=O)OC(C)c1nnc(-c2cccs2)o1. The zero-order valence-electron chi connectivity index (χ0n) is 13.6. The number of thiophene rings is 1. The van der Waals surface area contributed by atoms with Crippen LogP contribution in [0.15, 0.2) is 21.9 Å². The predicted octanol–water partition coefficient (Wildman–Crippen LogP) is 2.99. The summed E-state index contributed by atoms with van der Waals surface area (Å²) in [6.07, 6.45) is 0.769. The molecule has 2 aromatic heterocycles. The van der Waals surface area contributed by atoms with Crippen LogP contribution in [-0.2, 0) is 19.0 Å². The first kappa shape index (κ1) is 17.1. The van der Waals surface area contributed by atoms with Crippen molar-refractivity contribution >= 4 is 17.3 Å². The van der Waals surface area contributed by atoms with Gasteiger partial charge in [-0.05, 0) is 38.1 Å². The Bertz CT molecular complexity index is 651. The minimum atomic E-state index is -0.670. The first-order chi connectivity index (χ1) is 11.6. The number of hydrogen-bond donors (Lipinski definition) is 0. The summed E-state index contributed by atoms with van der Waals surface area (Å²) in [4.78, 5) is 13.0. The number of hydrogen-bond acceptors (Lipinski definition) is 8. The van der Waals surface area contributed by atoms with E-state index in [1.807, 2.05) is 17.5 Å². The van der Waals surface area contributed by atoms with Gasteiger partial charge in [0.1, 0.15) is 0 Å². The van der Waals surface area contributed by atoms with Crippen molar-refractivity contribution in [3.8, 4) is 10.8 Å². The van der Waals surface area contributed by atoms with E-state index in [0.717, 1.165) is 24.3 Å². The molecule has 1 aliphatic heterocycles. The number of rotatable bonds is 7. The van der Waals surface area contributed by atoms with Crippen molar-refractivity contribution in [1.82, 2.24) is 10.2 Å². The zero-order chi connectivity index (χ0) is 16.9. The van der Waals surface area contributed by atoms with Crippen LogP contribution in [0.5, 0.6) is 0 Å². The molecule has 3 atom stereocenters. The molecule has 3 unspecified atom stereocenters. The van der Waals surface area contributed by atoms with Crippen molar-refractivity contribution in [2.24, 2.45) is 0 Å². The first-order valence-electron chi connectivity index (χ1n) is 7.94. The van der Waals surface area contributed by atoms with Crippen LogP contribution in [0.2, 0.25) is 0 Å². The highest BCUT2D eigenvalue weighted by molar-refractivity contribution is 7.13. The van der Waals surface area contributed by atoms with E-state index in [4.69, 9.17) is 18.6 Å². The summed E-state index contributed by atoms with van der Waals surface area (Å²) in [5.74, 6) is 0.222. The topological polar surface area (TPSA) is 83.7 Å². The van der Waals surface area contributed by atoms with Gasteiger partial charge >= 0.3 is 5.97 Å². The second kappa shape index (κ2) is 7.87. The second-order valence-corrected chi connectivity index (χ2v) is 6.56. The largest absolute Gasteiger partial charge is 0.451 e. The minimum absolute atomic E-state index is 0.0713. The van der Waals surface area contributed by atoms with Gasteiger partial charge in [0.15, 0.2) is 12.2 Å². The Hall–Kier alpha value is -1.77. The third kappa shape index (κ3) is 4.19. The Labute approximate surface area is 143 Å². The Morgan fingerprint density at radius 3 is 3.04 bits per heavy atom. The number of ether oxygens (including phenoxy) is 3. The maximum atomic E-state index is 12.1. The molecule has 24 heavy (non-hydrogen) atoms. The van der Waals surface area contributed by atoms with Gasteiger partial charge in [-0.1, -0.05) is 6.07 Å². The highest BCUT2D eigenvalue weighted by Crippen LogP contribution is 2.26. The molecule has 0 bridgehead atoms. The van der Waals surface area contributed by atoms with E-state index in [2.05, 4.69) is 10.2 Å². The maximum Gasteiger partial charge on any atom is 0.335 e. The third-order valence-electron chi connectivity index (χ3n) is 3.70. The van der Waals surface area contributed by atoms with Crippen LogP contribution in [-0.4, -0.2) is 41.6 Å². The van der Waals surface area contributed by atoms with E-state index in [1.165, 1.54) is 11.3 Å². The summed E-state index contributed by atoms with van der Waals surface area (Å²) in [7, 11) is 0. The fourth-order valence-corrected chi connectivity index (χ4v) is 2.96. The molecular formula is C16H20N2O5S. The summed E-state index contributed by atoms with van der Waals surface area (Å²) in [6, 6.07) is 3.79. The first-order valence-corrected chi connectivity index (χ1v) is 8.82. The molecule has 130 valence electrons. The quantitative estimate of drug-likeness (QED) is 0.708. The van der Waals surface area contributed by atoms with E-state index in [1.54, 1.807) is 13.8 Å². The average Bonchev–Trinajstić information content (AvgIpc) is 3.34. The predicted molar refractivity (Wildman–Crippen MR) is 86.5 cm³/mol. The molecule has 0 N–H and O–H groups in total. The Kier molecular flexibility index (Phi) is 5.60. The third-order valence-corrected chi connectivity index (χ3v) is 4.56.